The van der Waals surface area contributed by atoms with Crippen LogP contribution in [-0.2, 0) is 16.1 Å². The van der Waals surface area contributed by atoms with Crippen LogP contribution in [0.25, 0.3) is 0 Å². The number of hydrogen-bond acceptors (Lipinski definition) is 4. The highest BCUT2D eigenvalue weighted by atomic mass is 16.4. The van der Waals surface area contributed by atoms with E-state index >= 15 is 0 Å². The first-order valence-electron chi connectivity index (χ1n) is 5.05. The van der Waals surface area contributed by atoms with Crippen LogP contribution in [0.5, 0.6) is 5.75 Å². The summed E-state index contributed by atoms with van der Waals surface area (Å²) >= 11 is 0. The summed E-state index contributed by atoms with van der Waals surface area (Å²) in [6.45, 7) is -0.0497. The second kappa shape index (κ2) is 6.49. The molecule has 0 aliphatic rings. The van der Waals surface area contributed by atoms with E-state index in [1.165, 1.54) is 0 Å². The minimum absolute atomic E-state index is 0.00160. The fourth-order valence-corrected chi connectivity index (χ4v) is 1.21. The molecule has 0 saturated carbocycles. The number of para-hydroxylation sites is 1. The number of phenolic OH excluding ortho intramolecular Hbond substituents is 1. The smallest absolute Gasteiger partial charge is 0.322 e. The normalized spacial score (nSPS) is 9.88. The largest absolute Gasteiger partial charge is 0.508 e. The van der Waals surface area contributed by atoms with Crippen LogP contribution in [0.3, 0.4) is 0 Å². The predicted molar refractivity (Wildman–Crippen MR) is 60.5 cm³/mol. The molecule has 0 saturated heterocycles. The molecule has 0 fully saturated rings. The molecule has 0 spiro atoms. The van der Waals surface area contributed by atoms with Crippen LogP contribution in [-0.4, -0.2) is 35.2 Å². The van der Waals surface area contributed by atoms with E-state index in [2.05, 4.69) is 10.6 Å². The van der Waals surface area contributed by atoms with E-state index in [0.717, 1.165) is 0 Å². The van der Waals surface area contributed by atoms with Crippen LogP contribution >= 0.6 is 0 Å². The average molecular weight is 238 g/mol. The Labute approximate surface area is 98.3 Å². The second-order valence-corrected chi connectivity index (χ2v) is 3.40. The second-order valence-electron chi connectivity index (χ2n) is 3.40. The monoisotopic (exact) mass is 238 g/mol. The summed E-state index contributed by atoms with van der Waals surface area (Å²) in [6.07, 6.45) is 0. The lowest BCUT2D eigenvalue weighted by Crippen LogP contribution is -2.36. The van der Waals surface area contributed by atoms with Crippen molar-refractivity contribution in [3.05, 3.63) is 29.8 Å². The maximum Gasteiger partial charge on any atom is 0.322 e. The molecule has 0 unspecified atom stereocenters. The molecule has 0 heterocycles. The molecule has 1 amide bonds. The number of nitrogens with one attached hydrogen (secondary N) is 2. The lowest BCUT2D eigenvalue weighted by molar-refractivity contribution is -0.137. The third kappa shape index (κ3) is 4.98. The predicted octanol–water partition coefficient (Wildman–Crippen LogP) is -0.317. The van der Waals surface area contributed by atoms with Crippen molar-refractivity contribution in [2.75, 3.05) is 13.1 Å². The van der Waals surface area contributed by atoms with Gasteiger partial charge in [0.25, 0.3) is 0 Å². The molecule has 92 valence electrons. The zero-order valence-electron chi connectivity index (χ0n) is 9.14. The highest BCUT2D eigenvalue weighted by Crippen LogP contribution is 2.14. The Hall–Kier alpha value is -2.08. The molecule has 6 heteroatoms. The molecule has 0 atom stereocenters. The number of hydrogen-bond donors (Lipinski definition) is 4. The van der Waals surface area contributed by atoms with E-state index in [-0.39, 0.29) is 12.3 Å². The molecule has 1 aromatic carbocycles. The van der Waals surface area contributed by atoms with Crippen LogP contribution in [0.15, 0.2) is 24.3 Å². The van der Waals surface area contributed by atoms with E-state index < -0.39 is 18.4 Å². The van der Waals surface area contributed by atoms with E-state index in [9.17, 15) is 14.7 Å². The highest BCUT2D eigenvalue weighted by Gasteiger charge is 2.04. The molecule has 4 N–H and O–H groups in total. The fourth-order valence-electron chi connectivity index (χ4n) is 1.21. The average Bonchev–Trinajstić information content (AvgIpc) is 2.29. The minimum atomic E-state index is -1.08. The number of aromatic hydroxyl groups is 1. The first-order valence-corrected chi connectivity index (χ1v) is 5.05. The van der Waals surface area contributed by atoms with Gasteiger partial charge in [0.2, 0.25) is 5.91 Å². The summed E-state index contributed by atoms with van der Waals surface area (Å²) in [5, 5.41) is 22.8. The number of benzene rings is 1. The van der Waals surface area contributed by atoms with Crippen LogP contribution < -0.4 is 10.6 Å². The topological polar surface area (TPSA) is 98.7 Å². The van der Waals surface area contributed by atoms with Gasteiger partial charge in [-0.1, -0.05) is 18.2 Å². The Kier molecular flexibility index (Phi) is 4.96. The summed E-state index contributed by atoms with van der Waals surface area (Å²) in [7, 11) is 0. The van der Waals surface area contributed by atoms with Crippen molar-refractivity contribution in [2.45, 2.75) is 6.54 Å². The van der Waals surface area contributed by atoms with Crippen molar-refractivity contribution in [3.8, 4) is 5.75 Å². The Morgan fingerprint density at radius 3 is 2.53 bits per heavy atom. The number of aliphatic carboxylic acids is 1. The van der Waals surface area contributed by atoms with Crippen LogP contribution in [0.1, 0.15) is 5.56 Å². The molecule has 6 nitrogen and oxygen atoms in total. The fraction of sp³-hybridized carbons (Fsp3) is 0.273. The molecule has 17 heavy (non-hydrogen) atoms. The zero-order chi connectivity index (χ0) is 12.7. The van der Waals surface area contributed by atoms with E-state index in [1.54, 1.807) is 24.3 Å². The van der Waals surface area contributed by atoms with Gasteiger partial charge in [0.05, 0.1) is 6.54 Å². The first kappa shape index (κ1) is 13.0. The molecule has 0 aliphatic carbocycles. The van der Waals surface area contributed by atoms with Crippen molar-refractivity contribution in [3.63, 3.8) is 0 Å². The molecule has 0 bridgehead atoms. The van der Waals surface area contributed by atoms with Gasteiger partial charge in [0, 0.05) is 12.1 Å². The number of carbonyl (C=O) groups excluding carboxylic acids is 1. The van der Waals surface area contributed by atoms with Crippen molar-refractivity contribution >= 4 is 11.9 Å². The standard InChI is InChI=1S/C11H14N2O4/c14-9-4-2-1-3-8(9)5-12-6-10(15)13-7-11(16)17/h1-4,12,14H,5-7H2,(H,13,15)(H,16,17). The van der Waals surface area contributed by atoms with Gasteiger partial charge in [0.1, 0.15) is 12.3 Å². The Balaban J connectivity index is 2.26. The van der Waals surface area contributed by atoms with Crippen molar-refractivity contribution in [1.29, 1.82) is 0 Å². The number of carboxylic acids is 1. The van der Waals surface area contributed by atoms with E-state index in [0.29, 0.717) is 12.1 Å². The summed E-state index contributed by atoms with van der Waals surface area (Å²) in [5.41, 5.74) is 0.679. The summed E-state index contributed by atoms with van der Waals surface area (Å²) in [6, 6.07) is 6.78. The molecular formula is C11H14N2O4. The number of rotatable bonds is 6. The lowest BCUT2D eigenvalue weighted by Gasteiger charge is -2.06. The minimum Gasteiger partial charge on any atom is -0.508 e. The maximum absolute atomic E-state index is 11.1. The lowest BCUT2D eigenvalue weighted by atomic mass is 10.2. The van der Waals surface area contributed by atoms with Gasteiger partial charge in [-0.05, 0) is 6.07 Å². The molecule has 1 rings (SSSR count). The third-order valence-electron chi connectivity index (χ3n) is 2.03. The van der Waals surface area contributed by atoms with Crippen LogP contribution in [0.2, 0.25) is 0 Å². The summed E-state index contributed by atoms with van der Waals surface area (Å²) < 4.78 is 0. The highest BCUT2D eigenvalue weighted by molar-refractivity contribution is 5.82. The van der Waals surface area contributed by atoms with Gasteiger partial charge < -0.3 is 20.8 Å². The number of carbonyl (C=O) groups is 2. The van der Waals surface area contributed by atoms with Gasteiger partial charge in [-0.2, -0.15) is 0 Å². The van der Waals surface area contributed by atoms with Gasteiger partial charge in [-0.15, -0.1) is 0 Å². The number of amides is 1. The number of phenols is 1. The molecule has 1 aromatic rings. The van der Waals surface area contributed by atoms with E-state index in [4.69, 9.17) is 5.11 Å². The first-order chi connectivity index (χ1) is 8.09. The van der Waals surface area contributed by atoms with Gasteiger partial charge >= 0.3 is 5.97 Å². The van der Waals surface area contributed by atoms with Crippen molar-refractivity contribution in [2.24, 2.45) is 0 Å². The Morgan fingerprint density at radius 1 is 1.18 bits per heavy atom. The van der Waals surface area contributed by atoms with Gasteiger partial charge in [-0.3, -0.25) is 9.59 Å². The quantitative estimate of drug-likeness (QED) is 0.544. The van der Waals surface area contributed by atoms with Crippen LogP contribution in [0.4, 0.5) is 0 Å². The van der Waals surface area contributed by atoms with E-state index in [1.807, 2.05) is 0 Å². The van der Waals surface area contributed by atoms with Gasteiger partial charge in [0.15, 0.2) is 0 Å². The summed E-state index contributed by atoms with van der Waals surface area (Å²) in [5.74, 6) is -1.33. The third-order valence-corrected chi connectivity index (χ3v) is 2.03. The van der Waals surface area contributed by atoms with Crippen LogP contribution in [0, 0.1) is 0 Å². The molecule has 0 aliphatic heterocycles. The molecule has 0 radical (unpaired) electrons. The Morgan fingerprint density at radius 2 is 1.88 bits per heavy atom. The zero-order valence-corrected chi connectivity index (χ0v) is 9.14. The Bertz CT molecular complexity index is 406. The van der Waals surface area contributed by atoms with Gasteiger partial charge in [-0.25, -0.2) is 0 Å². The number of carboxylic acid groups (broad SMARTS) is 1. The maximum atomic E-state index is 11.1. The molecular weight excluding hydrogens is 224 g/mol. The van der Waals surface area contributed by atoms with Crippen molar-refractivity contribution < 1.29 is 19.8 Å². The summed E-state index contributed by atoms with van der Waals surface area (Å²) in [4.78, 5) is 21.3. The van der Waals surface area contributed by atoms with Crippen molar-refractivity contribution in [1.82, 2.24) is 10.6 Å². The molecule has 0 aromatic heterocycles. The SMILES string of the molecule is O=C(O)CNC(=O)CNCc1ccccc1O.